The van der Waals surface area contributed by atoms with Gasteiger partial charge in [0.2, 0.25) is 5.76 Å². The monoisotopic (exact) mass is 379 g/mol. The summed E-state index contributed by atoms with van der Waals surface area (Å²) in [7, 11) is 0. The van der Waals surface area contributed by atoms with E-state index in [0.29, 0.717) is 28.5 Å². The van der Waals surface area contributed by atoms with Crippen molar-refractivity contribution in [2.45, 2.75) is 6.54 Å². The molecule has 0 atom stereocenters. The van der Waals surface area contributed by atoms with E-state index in [0.717, 1.165) is 5.56 Å². The largest absolute Gasteiger partial charge is 0.350 e. The number of nitrogens with zero attached hydrogens (tertiary/aromatic N) is 4. The molecule has 0 spiro atoms. The van der Waals surface area contributed by atoms with Gasteiger partial charge >= 0.3 is 0 Å². The number of hydrogen-bond acceptors (Lipinski definition) is 5. The first-order chi connectivity index (χ1) is 13.2. The van der Waals surface area contributed by atoms with Gasteiger partial charge in [0, 0.05) is 17.3 Å². The molecule has 1 amide bonds. The van der Waals surface area contributed by atoms with E-state index >= 15 is 0 Å². The minimum absolute atomic E-state index is 0.103. The fourth-order valence-electron chi connectivity index (χ4n) is 2.62. The Morgan fingerprint density at radius 3 is 2.85 bits per heavy atom. The van der Waals surface area contributed by atoms with E-state index in [-0.39, 0.29) is 5.76 Å². The number of carbonyl (C=O) groups is 1. The Hall–Kier alpha value is -3.45. The second-order valence-corrected chi connectivity index (χ2v) is 6.21. The van der Waals surface area contributed by atoms with Crippen LogP contribution in [-0.4, -0.2) is 25.8 Å². The lowest BCUT2D eigenvalue weighted by atomic mass is 10.1. The number of halogens is 1. The molecule has 134 valence electrons. The average molecular weight is 380 g/mol. The number of amides is 1. The predicted molar refractivity (Wildman–Crippen MR) is 100 cm³/mol. The Morgan fingerprint density at radius 2 is 2.04 bits per heavy atom. The third-order valence-corrected chi connectivity index (χ3v) is 4.21. The van der Waals surface area contributed by atoms with Crippen molar-refractivity contribution in [2.24, 2.45) is 0 Å². The SMILES string of the molecule is O=C(Nc1cccc(Cn2cncn2)c1)c1cc(-c2ccccc2Cl)no1. The molecule has 0 saturated heterocycles. The van der Waals surface area contributed by atoms with Crippen LogP contribution in [-0.2, 0) is 6.54 Å². The molecule has 2 aromatic carbocycles. The second kappa shape index (κ2) is 7.43. The van der Waals surface area contributed by atoms with E-state index in [2.05, 4.69) is 20.6 Å². The number of carbonyl (C=O) groups excluding carboxylic acids is 1. The fourth-order valence-corrected chi connectivity index (χ4v) is 2.85. The van der Waals surface area contributed by atoms with E-state index in [9.17, 15) is 4.79 Å². The summed E-state index contributed by atoms with van der Waals surface area (Å²) in [6.45, 7) is 0.558. The third-order valence-electron chi connectivity index (χ3n) is 3.88. The molecule has 0 saturated carbocycles. The van der Waals surface area contributed by atoms with Crippen LogP contribution in [0.4, 0.5) is 5.69 Å². The van der Waals surface area contributed by atoms with Crippen molar-refractivity contribution < 1.29 is 9.32 Å². The van der Waals surface area contributed by atoms with Crippen LogP contribution in [0.1, 0.15) is 16.1 Å². The lowest BCUT2D eigenvalue weighted by Gasteiger charge is -2.06. The highest BCUT2D eigenvalue weighted by Crippen LogP contribution is 2.27. The molecule has 4 aromatic rings. The van der Waals surface area contributed by atoms with Gasteiger partial charge in [-0.2, -0.15) is 5.10 Å². The van der Waals surface area contributed by atoms with E-state index in [1.165, 1.54) is 6.33 Å². The zero-order valence-electron chi connectivity index (χ0n) is 14.0. The molecule has 0 aliphatic heterocycles. The highest BCUT2D eigenvalue weighted by atomic mass is 35.5. The van der Waals surface area contributed by atoms with Crippen molar-refractivity contribution in [3.63, 3.8) is 0 Å². The van der Waals surface area contributed by atoms with E-state index in [1.807, 2.05) is 36.4 Å². The van der Waals surface area contributed by atoms with Crippen molar-refractivity contribution in [2.75, 3.05) is 5.32 Å². The van der Waals surface area contributed by atoms with Crippen LogP contribution in [0.5, 0.6) is 0 Å². The summed E-state index contributed by atoms with van der Waals surface area (Å²) in [4.78, 5) is 16.4. The highest BCUT2D eigenvalue weighted by Gasteiger charge is 2.15. The van der Waals surface area contributed by atoms with Gasteiger partial charge in [-0.05, 0) is 23.8 Å². The number of aromatic nitrogens is 4. The first kappa shape index (κ1) is 17.0. The minimum Gasteiger partial charge on any atom is -0.350 e. The molecular formula is C19H14ClN5O2. The van der Waals surface area contributed by atoms with Crippen molar-refractivity contribution in [3.8, 4) is 11.3 Å². The maximum atomic E-state index is 12.5. The van der Waals surface area contributed by atoms with Gasteiger partial charge in [-0.3, -0.25) is 4.79 Å². The summed E-state index contributed by atoms with van der Waals surface area (Å²) in [5, 5.41) is 11.4. The molecule has 0 aliphatic carbocycles. The normalized spacial score (nSPS) is 10.7. The molecule has 1 N–H and O–H groups in total. The summed E-state index contributed by atoms with van der Waals surface area (Å²) in [6.07, 6.45) is 3.11. The Kier molecular flexibility index (Phi) is 4.67. The molecule has 0 bridgehead atoms. The van der Waals surface area contributed by atoms with Crippen LogP contribution in [0.2, 0.25) is 5.02 Å². The van der Waals surface area contributed by atoms with E-state index < -0.39 is 5.91 Å². The molecular weight excluding hydrogens is 366 g/mol. The Morgan fingerprint density at radius 1 is 1.15 bits per heavy atom. The number of rotatable bonds is 5. The molecule has 2 heterocycles. The highest BCUT2D eigenvalue weighted by molar-refractivity contribution is 6.33. The molecule has 2 aromatic heterocycles. The van der Waals surface area contributed by atoms with Crippen LogP contribution >= 0.6 is 11.6 Å². The maximum Gasteiger partial charge on any atom is 0.294 e. The van der Waals surface area contributed by atoms with Gasteiger partial charge in [0.1, 0.15) is 18.3 Å². The number of benzene rings is 2. The van der Waals surface area contributed by atoms with Gasteiger partial charge in [-0.15, -0.1) is 0 Å². The zero-order valence-corrected chi connectivity index (χ0v) is 14.8. The molecule has 4 rings (SSSR count). The summed E-state index contributed by atoms with van der Waals surface area (Å²) in [5.41, 5.74) is 2.84. The van der Waals surface area contributed by atoms with Crippen LogP contribution < -0.4 is 5.32 Å². The van der Waals surface area contributed by atoms with Crippen molar-refractivity contribution in [1.29, 1.82) is 0 Å². The molecule has 0 aliphatic rings. The third kappa shape index (κ3) is 3.88. The van der Waals surface area contributed by atoms with Crippen molar-refractivity contribution in [1.82, 2.24) is 19.9 Å². The number of anilines is 1. The molecule has 8 heteroatoms. The topological polar surface area (TPSA) is 85.8 Å². The first-order valence-corrected chi connectivity index (χ1v) is 8.51. The Balaban J connectivity index is 1.49. The van der Waals surface area contributed by atoms with Gasteiger partial charge < -0.3 is 9.84 Å². The lowest BCUT2D eigenvalue weighted by molar-refractivity contribution is 0.0988. The Bertz CT molecular complexity index is 1080. The predicted octanol–water partition coefficient (Wildman–Crippen LogP) is 3.89. The number of nitrogens with one attached hydrogen (secondary N) is 1. The van der Waals surface area contributed by atoms with Gasteiger partial charge in [0.25, 0.3) is 5.91 Å². The molecule has 0 unspecified atom stereocenters. The zero-order chi connectivity index (χ0) is 18.6. The fraction of sp³-hybridized carbons (Fsp3) is 0.0526. The van der Waals surface area contributed by atoms with Gasteiger partial charge in [0.05, 0.1) is 11.6 Å². The van der Waals surface area contributed by atoms with E-state index in [4.69, 9.17) is 16.1 Å². The summed E-state index contributed by atoms with van der Waals surface area (Å²) in [5.74, 6) is -0.287. The summed E-state index contributed by atoms with van der Waals surface area (Å²) >= 11 is 6.16. The first-order valence-electron chi connectivity index (χ1n) is 8.13. The second-order valence-electron chi connectivity index (χ2n) is 5.80. The van der Waals surface area contributed by atoms with E-state index in [1.54, 1.807) is 29.2 Å². The molecule has 7 nitrogen and oxygen atoms in total. The summed E-state index contributed by atoms with van der Waals surface area (Å²) in [6, 6.07) is 16.3. The van der Waals surface area contributed by atoms with Gasteiger partial charge in [-0.1, -0.05) is 47.1 Å². The molecule has 0 radical (unpaired) electrons. The van der Waals surface area contributed by atoms with Crippen LogP contribution in [0.3, 0.4) is 0 Å². The molecule has 27 heavy (non-hydrogen) atoms. The van der Waals surface area contributed by atoms with Crippen molar-refractivity contribution in [3.05, 3.63) is 83.6 Å². The molecule has 0 fully saturated rings. The summed E-state index contributed by atoms with van der Waals surface area (Å²) < 4.78 is 6.88. The minimum atomic E-state index is -0.390. The quantitative estimate of drug-likeness (QED) is 0.568. The van der Waals surface area contributed by atoms with Crippen LogP contribution in [0.25, 0.3) is 11.3 Å². The van der Waals surface area contributed by atoms with Crippen LogP contribution in [0, 0.1) is 0 Å². The van der Waals surface area contributed by atoms with Gasteiger partial charge in [0.15, 0.2) is 0 Å². The number of hydrogen-bond donors (Lipinski definition) is 1. The van der Waals surface area contributed by atoms with Crippen LogP contribution in [0.15, 0.2) is 71.8 Å². The Labute approximate surface area is 159 Å². The average Bonchev–Trinajstić information content (AvgIpc) is 3.34. The van der Waals surface area contributed by atoms with Gasteiger partial charge in [-0.25, -0.2) is 9.67 Å². The smallest absolute Gasteiger partial charge is 0.294 e. The standard InChI is InChI=1S/C19H14ClN5O2/c20-16-7-2-1-6-15(16)17-9-18(27-24-17)19(26)23-14-5-3-4-13(8-14)10-25-12-21-11-22-25/h1-9,11-12H,10H2,(H,23,26). The maximum absolute atomic E-state index is 12.5. The van der Waals surface area contributed by atoms with Crippen molar-refractivity contribution >= 4 is 23.2 Å². The lowest BCUT2D eigenvalue weighted by Crippen LogP contribution is -2.11.